The Bertz CT molecular complexity index is 735. The highest BCUT2D eigenvalue weighted by Gasteiger charge is 2.60. The summed E-state index contributed by atoms with van der Waals surface area (Å²) in [6, 6.07) is 7.06. The molecule has 0 N–H and O–H groups in total. The molecule has 1 saturated heterocycles. The van der Waals surface area contributed by atoms with Gasteiger partial charge in [-0.25, -0.2) is 4.99 Å². The molecule has 23 heavy (non-hydrogen) atoms. The van der Waals surface area contributed by atoms with Crippen molar-refractivity contribution in [1.29, 1.82) is 0 Å². The highest BCUT2D eigenvalue weighted by molar-refractivity contribution is 8.15. The Hall–Kier alpha value is -2.02. The van der Waals surface area contributed by atoms with Gasteiger partial charge >= 0.3 is 5.97 Å². The lowest BCUT2D eigenvalue weighted by molar-refractivity contribution is -0.163. The highest BCUT2D eigenvalue weighted by atomic mass is 32.2. The van der Waals surface area contributed by atoms with Gasteiger partial charge in [-0.1, -0.05) is 30.0 Å². The number of amides is 1. The average Bonchev–Trinajstić information content (AvgIpc) is 2.86. The third-order valence-corrected chi connectivity index (χ3v) is 5.32. The van der Waals surface area contributed by atoms with Gasteiger partial charge in [0, 0.05) is 5.56 Å². The first-order chi connectivity index (χ1) is 11.0. The lowest BCUT2D eigenvalue weighted by Crippen LogP contribution is -2.59. The number of benzene rings is 1. The normalized spacial score (nSPS) is 31.0. The van der Waals surface area contributed by atoms with E-state index >= 15 is 0 Å². The van der Waals surface area contributed by atoms with Gasteiger partial charge in [0.25, 0.3) is 0 Å². The summed E-state index contributed by atoms with van der Waals surface area (Å²) >= 11 is 1.39. The Balaban J connectivity index is 1.92. The highest BCUT2D eigenvalue weighted by Crippen LogP contribution is 2.52. The van der Waals surface area contributed by atoms with Crippen molar-refractivity contribution in [1.82, 2.24) is 4.90 Å². The van der Waals surface area contributed by atoms with Gasteiger partial charge in [0.1, 0.15) is 11.7 Å². The fourth-order valence-corrected chi connectivity index (χ4v) is 4.45. The summed E-state index contributed by atoms with van der Waals surface area (Å²) < 4.78 is 11.3. The molecular weight excluding hydrogens is 316 g/mol. The van der Waals surface area contributed by atoms with Crippen molar-refractivity contribution in [3.8, 4) is 5.75 Å². The second kappa shape index (κ2) is 4.99. The molecule has 6 nitrogen and oxygen atoms in total. The summed E-state index contributed by atoms with van der Waals surface area (Å²) in [6.07, 6.45) is 0. The van der Waals surface area contributed by atoms with Gasteiger partial charge < -0.3 is 9.47 Å². The molecule has 120 valence electrons. The van der Waals surface area contributed by atoms with Crippen LogP contribution in [0.1, 0.15) is 25.5 Å². The van der Waals surface area contributed by atoms with E-state index in [4.69, 9.17) is 9.47 Å². The molecule has 3 aliphatic heterocycles. The number of carbonyl (C=O) groups is 2. The molecule has 0 spiro atoms. The zero-order valence-electron chi connectivity index (χ0n) is 12.8. The molecule has 1 aromatic carbocycles. The second-order valence-electron chi connectivity index (χ2n) is 5.82. The van der Waals surface area contributed by atoms with Gasteiger partial charge in [0.2, 0.25) is 11.6 Å². The standard InChI is InChI=1S/C16H16N2O4S/c1-3-21-14(20)12-13-9-6-4-5-7-10(9)22-16(12,2)17-15-18(13)11(19)8-23-15/h4-7,12-13H,3,8H2,1-2H3/t12?,13?,16-/m0/s1. The molecule has 4 rings (SSSR count). The van der Waals surface area contributed by atoms with Gasteiger partial charge in [-0.05, 0) is 19.9 Å². The second-order valence-corrected chi connectivity index (χ2v) is 6.76. The van der Waals surface area contributed by atoms with Crippen LogP contribution in [0, 0.1) is 5.92 Å². The minimum atomic E-state index is -1.06. The van der Waals surface area contributed by atoms with E-state index in [9.17, 15) is 9.59 Å². The van der Waals surface area contributed by atoms with Crippen LogP contribution in [0.4, 0.5) is 0 Å². The van der Waals surface area contributed by atoms with Crippen LogP contribution in [0.25, 0.3) is 0 Å². The Morgan fingerprint density at radius 2 is 2.30 bits per heavy atom. The number of hydrogen-bond donors (Lipinski definition) is 0. The summed E-state index contributed by atoms with van der Waals surface area (Å²) in [4.78, 5) is 31.2. The first-order valence-electron chi connectivity index (χ1n) is 7.54. The van der Waals surface area contributed by atoms with Gasteiger partial charge in [-0.15, -0.1) is 0 Å². The lowest BCUT2D eigenvalue weighted by Gasteiger charge is -2.48. The summed E-state index contributed by atoms with van der Waals surface area (Å²) in [5.74, 6) is -0.103. The number of aliphatic imine (C=N–C) groups is 1. The van der Waals surface area contributed by atoms with Crippen molar-refractivity contribution in [2.45, 2.75) is 25.6 Å². The van der Waals surface area contributed by atoms with Crippen LogP contribution >= 0.6 is 11.8 Å². The Kier molecular flexibility index (Phi) is 3.16. The Morgan fingerprint density at radius 3 is 3.09 bits per heavy atom. The third kappa shape index (κ3) is 1.99. The van der Waals surface area contributed by atoms with Crippen LogP contribution in [-0.4, -0.2) is 40.0 Å². The molecule has 2 unspecified atom stereocenters. The topological polar surface area (TPSA) is 68.2 Å². The van der Waals surface area contributed by atoms with Crippen LogP contribution in [0.2, 0.25) is 0 Å². The molecule has 7 heteroatoms. The molecule has 1 aromatic rings. The fraction of sp³-hybridized carbons (Fsp3) is 0.438. The van der Waals surface area contributed by atoms with Crippen molar-refractivity contribution < 1.29 is 19.1 Å². The van der Waals surface area contributed by atoms with E-state index in [0.717, 1.165) is 5.56 Å². The van der Waals surface area contributed by atoms with Crippen molar-refractivity contribution in [2.75, 3.05) is 12.4 Å². The minimum absolute atomic E-state index is 0.0354. The molecule has 0 radical (unpaired) electrons. The monoisotopic (exact) mass is 332 g/mol. The summed E-state index contributed by atoms with van der Waals surface area (Å²) in [7, 11) is 0. The van der Waals surface area contributed by atoms with Gasteiger partial charge in [0.05, 0.1) is 18.4 Å². The van der Waals surface area contributed by atoms with E-state index in [1.807, 2.05) is 24.3 Å². The van der Waals surface area contributed by atoms with E-state index in [1.165, 1.54) is 11.8 Å². The van der Waals surface area contributed by atoms with E-state index in [1.54, 1.807) is 18.7 Å². The van der Waals surface area contributed by atoms with E-state index in [0.29, 0.717) is 16.7 Å². The fourth-order valence-electron chi connectivity index (χ4n) is 3.46. The number of hydrogen-bond acceptors (Lipinski definition) is 6. The maximum atomic E-state index is 12.6. The maximum absolute atomic E-state index is 12.6. The van der Waals surface area contributed by atoms with Crippen molar-refractivity contribution in [3.05, 3.63) is 29.8 Å². The Labute approximate surface area is 137 Å². The number of thioether (sulfide) groups is 1. The summed E-state index contributed by atoms with van der Waals surface area (Å²) in [6.45, 7) is 3.82. The first kappa shape index (κ1) is 14.6. The Morgan fingerprint density at radius 1 is 1.52 bits per heavy atom. The SMILES string of the molecule is CCOC(=O)C1C2c3ccccc3O[C@]1(C)N=C1SCC(=O)N12. The number of carbonyl (C=O) groups excluding carboxylic acids is 2. The number of para-hydroxylation sites is 1. The zero-order chi connectivity index (χ0) is 16.2. The van der Waals surface area contributed by atoms with Crippen LogP contribution < -0.4 is 4.74 Å². The number of fused-ring (bicyclic) bond motifs is 6. The van der Waals surface area contributed by atoms with Crippen LogP contribution in [0.5, 0.6) is 5.75 Å². The van der Waals surface area contributed by atoms with Crippen LogP contribution in [-0.2, 0) is 14.3 Å². The molecule has 3 aliphatic rings. The molecule has 1 fully saturated rings. The zero-order valence-corrected chi connectivity index (χ0v) is 13.6. The predicted molar refractivity (Wildman–Crippen MR) is 85.1 cm³/mol. The molecule has 0 aromatic heterocycles. The summed E-state index contributed by atoms with van der Waals surface area (Å²) in [5, 5.41) is 0.623. The summed E-state index contributed by atoms with van der Waals surface area (Å²) in [5.41, 5.74) is -0.236. The molecule has 0 saturated carbocycles. The number of nitrogens with zero attached hydrogens (tertiary/aromatic N) is 2. The quantitative estimate of drug-likeness (QED) is 0.775. The van der Waals surface area contributed by atoms with E-state index in [-0.39, 0.29) is 18.5 Å². The van der Waals surface area contributed by atoms with E-state index < -0.39 is 17.7 Å². The maximum Gasteiger partial charge on any atom is 0.317 e. The van der Waals surface area contributed by atoms with Crippen molar-refractivity contribution >= 4 is 28.8 Å². The van der Waals surface area contributed by atoms with Crippen molar-refractivity contribution in [3.63, 3.8) is 0 Å². The smallest absolute Gasteiger partial charge is 0.317 e. The first-order valence-corrected chi connectivity index (χ1v) is 8.53. The molecule has 3 atom stereocenters. The largest absolute Gasteiger partial charge is 0.466 e. The predicted octanol–water partition coefficient (Wildman–Crippen LogP) is 1.96. The van der Waals surface area contributed by atoms with E-state index in [2.05, 4.69) is 4.99 Å². The molecule has 0 aliphatic carbocycles. The molecule has 1 amide bonds. The van der Waals surface area contributed by atoms with Crippen LogP contribution in [0.3, 0.4) is 0 Å². The molecule has 3 heterocycles. The van der Waals surface area contributed by atoms with Crippen molar-refractivity contribution in [2.24, 2.45) is 10.9 Å². The molecular formula is C16H16N2O4S. The van der Waals surface area contributed by atoms with Gasteiger partial charge in [0.15, 0.2) is 5.17 Å². The van der Waals surface area contributed by atoms with Gasteiger partial charge in [-0.2, -0.15) is 0 Å². The number of amidine groups is 1. The van der Waals surface area contributed by atoms with Gasteiger partial charge in [-0.3, -0.25) is 14.5 Å². The lowest BCUT2D eigenvalue weighted by atomic mass is 9.80. The third-order valence-electron chi connectivity index (χ3n) is 4.38. The number of esters is 1. The van der Waals surface area contributed by atoms with Crippen LogP contribution in [0.15, 0.2) is 29.3 Å². The number of ether oxygens (including phenoxy) is 2. The minimum Gasteiger partial charge on any atom is -0.466 e. The average molecular weight is 332 g/mol. The number of rotatable bonds is 2. The molecule has 2 bridgehead atoms.